The summed E-state index contributed by atoms with van der Waals surface area (Å²) in [4.78, 5) is 13.2. The summed E-state index contributed by atoms with van der Waals surface area (Å²) in [6.45, 7) is 0. The minimum absolute atomic E-state index is 0.0328. The molecule has 2 aromatic carbocycles. The first-order chi connectivity index (χ1) is 15.3. The van der Waals surface area contributed by atoms with Gasteiger partial charge in [-0.2, -0.15) is 10.5 Å². The molecule has 10 heteroatoms. The largest absolute Gasteiger partial charge is 0.384 e. The van der Waals surface area contributed by atoms with E-state index in [4.69, 9.17) is 52.1 Å². The number of benzene rings is 2. The standard InChI is InChI=1S/C22H10Cl4N4OS/c23-14-5-1-3-10(18(14)25)7-16-21(31)30-20(29)12(8-27)17(13(9-28)22(30)32-16)11-4-2-6-15(24)19(11)26/h1-7,17H,29H2/t17-/m0/s1. The molecule has 0 radical (unpaired) electrons. The second-order valence-corrected chi connectivity index (χ2v) is 9.31. The molecule has 0 unspecified atom stereocenters. The van der Waals surface area contributed by atoms with Crippen LogP contribution in [0.5, 0.6) is 0 Å². The molecule has 0 saturated heterocycles. The van der Waals surface area contributed by atoms with Crippen molar-refractivity contribution >= 4 is 75.2 Å². The third kappa shape index (κ3) is 3.51. The van der Waals surface area contributed by atoms with Crippen molar-refractivity contribution in [1.29, 1.82) is 10.5 Å². The number of allylic oxidation sites excluding steroid dienone is 1. The van der Waals surface area contributed by atoms with E-state index in [9.17, 15) is 15.3 Å². The predicted molar refractivity (Wildman–Crippen MR) is 129 cm³/mol. The number of halogens is 4. The van der Waals surface area contributed by atoms with Crippen LogP contribution in [-0.2, 0) is 0 Å². The van der Waals surface area contributed by atoms with Gasteiger partial charge in [-0.05, 0) is 29.3 Å². The van der Waals surface area contributed by atoms with Gasteiger partial charge >= 0.3 is 0 Å². The lowest BCUT2D eigenvalue weighted by Crippen LogP contribution is -2.38. The van der Waals surface area contributed by atoms with E-state index in [1.165, 1.54) is 4.57 Å². The Hall–Kier alpha value is -2.71. The molecule has 1 aromatic heterocycles. The molecular formula is C22H10Cl4N4OS. The molecule has 0 fully saturated rings. The van der Waals surface area contributed by atoms with Gasteiger partial charge in [0.25, 0.3) is 5.56 Å². The molecule has 1 aliphatic rings. The molecule has 158 valence electrons. The molecule has 32 heavy (non-hydrogen) atoms. The van der Waals surface area contributed by atoms with E-state index >= 15 is 0 Å². The molecule has 3 aromatic rings. The molecule has 1 aliphatic heterocycles. The lowest BCUT2D eigenvalue weighted by Gasteiger charge is -2.23. The van der Waals surface area contributed by atoms with Crippen LogP contribution in [0.4, 0.5) is 0 Å². The Morgan fingerprint density at radius 3 is 2.25 bits per heavy atom. The van der Waals surface area contributed by atoms with E-state index < -0.39 is 11.5 Å². The van der Waals surface area contributed by atoms with Crippen LogP contribution in [0, 0.1) is 22.7 Å². The SMILES string of the molecule is N#CC1=C(N)n2c(sc(=Cc3cccc(Cl)c3Cl)c2=O)=C(C#N)[C@H]1c1cccc(Cl)c1Cl. The van der Waals surface area contributed by atoms with Crippen LogP contribution < -0.4 is 20.5 Å². The second-order valence-electron chi connectivity index (χ2n) is 6.71. The van der Waals surface area contributed by atoms with Crippen LogP contribution in [0.25, 0.3) is 17.5 Å². The van der Waals surface area contributed by atoms with E-state index in [-0.39, 0.29) is 31.5 Å². The number of nitriles is 2. The molecule has 0 spiro atoms. The van der Waals surface area contributed by atoms with E-state index in [0.717, 1.165) is 11.3 Å². The van der Waals surface area contributed by atoms with E-state index in [1.807, 2.05) is 6.07 Å². The fourth-order valence-corrected chi connectivity index (χ4v) is 5.38. The van der Waals surface area contributed by atoms with E-state index in [0.29, 0.717) is 25.8 Å². The minimum Gasteiger partial charge on any atom is -0.384 e. The normalized spacial score (nSPS) is 16.0. The van der Waals surface area contributed by atoms with Crippen molar-refractivity contribution in [2.75, 3.05) is 0 Å². The van der Waals surface area contributed by atoms with E-state index in [1.54, 1.807) is 42.5 Å². The van der Waals surface area contributed by atoms with Gasteiger partial charge in [-0.15, -0.1) is 11.3 Å². The van der Waals surface area contributed by atoms with Crippen molar-refractivity contribution in [3.63, 3.8) is 0 Å². The lowest BCUT2D eigenvalue weighted by molar-refractivity contribution is 0.906. The van der Waals surface area contributed by atoms with Gasteiger partial charge in [0.05, 0.1) is 53.8 Å². The summed E-state index contributed by atoms with van der Waals surface area (Å²) in [5.74, 6) is -0.933. The third-order valence-corrected chi connectivity index (χ3v) is 7.72. The van der Waals surface area contributed by atoms with Crippen LogP contribution in [0.3, 0.4) is 0 Å². The van der Waals surface area contributed by atoms with Gasteiger partial charge in [-0.25, -0.2) is 0 Å². The van der Waals surface area contributed by atoms with Crippen molar-refractivity contribution in [3.05, 3.63) is 92.7 Å². The maximum atomic E-state index is 13.2. The molecule has 0 aliphatic carbocycles. The Bertz CT molecular complexity index is 1590. The number of hydrogen-bond donors (Lipinski definition) is 1. The van der Waals surface area contributed by atoms with Gasteiger partial charge in [0, 0.05) is 0 Å². The van der Waals surface area contributed by atoms with Gasteiger partial charge in [-0.1, -0.05) is 70.7 Å². The minimum atomic E-state index is -0.864. The highest BCUT2D eigenvalue weighted by Crippen LogP contribution is 2.41. The summed E-state index contributed by atoms with van der Waals surface area (Å²) in [6, 6.07) is 14.1. The van der Waals surface area contributed by atoms with Gasteiger partial charge in [0.1, 0.15) is 10.5 Å². The van der Waals surface area contributed by atoms with Crippen molar-refractivity contribution in [2.45, 2.75) is 5.92 Å². The number of aromatic nitrogens is 1. The summed E-state index contributed by atoms with van der Waals surface area (Å²) in [7, 11) is 0. The molecule has 0 amide bonds. The smallest absolute Gasteiger partial charge is 0.274 e. The average Bonchev–Trinajstić information content (AvgIpc) is 3.09. The van der Waals surface area contributed by atoms with E-state index in [2.05, 4.69) is 6.07 Å². The molecule has 2 N–H and O–H groups in total. The highest BCUT2D eigenvalue weighted by Gasteiger charge is 2.33. The van der Waals surface area contributed by atoms with Crippen LogP contribution in [-0.4, -0.2) is 4.57 Å². The number of rotatable bonds is 2. The Labute approximate surface area is 206 Å². The highest BCUT2D eigenvalue weighted by atomic mass is 35.5. The monoisotopic (exact) mass is 518 g/mol. The summed E-state index contributed by atoms with van der Waals surface area (Å²) < 4.78 is 1.75. The Morgan fingerprint density at radius 2 is 1.59 bits per heavy atom. The van der Waals surface area contributed by atoms with Crippen molar-refractivity contribution in [1.82, 2.24) is 4.57 Å². The zero-order chi connectivity index (χ0) is 23.2. The molecule has 0 saturated carbocycles. The molecule has 1 atom stereocenters. The fourth-order valence-electron chi connectivity index (χ4n) is 3.48. The zero-order valence-electron chi connectivity index (χ0n) is 15.9. The second kappa shape index (κ2) is 8.67. The Morgan fingerprint density at radius 1 is 0.969 bits per heavy atom. The quantitative estimate of drug-likeness (QED) is 0.540. The highest BCUT2D eigenvalue weighted by molar-refractivity contribution is 7.07. The summed E-state index contributed by atoms with van der Waals surface area (Å²) >= 11 is 26.0. The molecular weight excluding hydrogens is 510 g/mol. The molecule has 2 heterocycles. The van der Waals surface area contributed by atoms with Gasteiger partial charge in [0.15, 0.2) is 0 Å². The van der Waals surface area contributed by atoms with Crippen molar-refractivity contribution in [2.24, 2.45) is 5.73 Å². The summed E-state index contributed by atoms with van der Waals surface area (Å²) in [5, 5.41) is 21.0. The Kier molecular flexibility index (Phi) is 6.09. The molecule has 0 bridgehead atoms. The summed E-state index contributed by atoms with van der Waals surface area (Å²) in [6.07, 6.45) is 1.57. The first-order valence-corrected chi connectivity index (χ1v) is 11.3. The van der Waals surface area contributed by atoms with Gasteiger partial charge in [0.2, 0.25) is 0 Å². The topological polar surface area (TPSA) is 95.6 Å². The first kappa shape index (κ1) is 22.5. The Balaban J connectivity index is 2.10. The number of thiazole rings is 1. The number of nitrogens with two attached hydrogens (primary N) is 1. The van der Waals surface area contributed by atoms with Crippen molar-refractivity contribution in [3.8, 4) is 12.1 Å². The molecule has 4 rings (SSSR count). The fraction of sp³-hybridized carbons (Fsp3) is 0.0455. The van der Waals surface area contributed by atoms with Crippen molar-refractivity contribution < 1.29 is 0 Å². The van der Waals surface area contributed by atoms with Gasteiger partial charge in [-0.3, -0.25) is 9.36 Å². The lowest BCUT2D eigenvalue weighted by atomic mass is 9.84. The first-order valence-electron chi connectivity index (χ1n) is 8.96. The number of fused-ring (bicyclic) bond motifs is 1. The number of hydrogen-bond acceptors (Lipinski definition) is 5. The van der Waals surface area contributed by atoms with Crippen LogP contribution in [0.1, 0.15) is 17.0 Å². The van der Waals surface area contributed by atoms with Crippen LogP contribution in [0.2, 0.25) is 20.1 Å². The molecule has 5 nitrogen and oxygen atoms in total. The van der Waals surface area contributed by atoms with Crippen LogP contribution in [0.15, 0.2) is 46.8 Å². The van der Waals surface area contributed by atoms with Crippen LogP contribution >= 0.6 is 57.7 Å². The maximum absolute atomic E-state index is 13.2. The third-order valence-electron chi connectivity index (χ3n) is 4.95. The number of nitrogens with zero attached hydrogens (tertiary/aromatic N) is 3. The van der Waals surface area contributed by atoms with Gasteiger partial charge < -0.3 is 5.73 Å². The zero-order valence-corrected chi connectivity index (χ0v) is 19.7. The summed E-state index contributed by atoms with van der Waals surface area (Å²) in [5.41, 5.74) is 6.97. The predicted octanol–water partition coefficient (Wildman–Crippen LogP) is 4.47. The average molecular weight is 520 g/mol. The maximum Gasteiger partial charge on any atom is 0.274 e.